The number of benzene rings is 1. The summed E-state index contributed by atoms with van der Waals surface area (Å²) in [6, 6.07) is 7.53. The molecule has 27 heavy (non-hydrogen) atoms. The molecule has 0 saturated carbocycles. The molecule has 2 atom stereocenters. The average molecular weight is 409 g/mol. The van der Waals surface area contributed by atoms with E-state index in [0.29, 0.717) is 23.4 Å². The molecule has 0 radical (unpaired) electrons. The van der Waals surface area contributed by atoms with E-state index in [4.69, 9.17) is 23.8 Å². The minimum atomic E-state index is 0.267. The molecule has 1 N–H and O–H groups in total. The van der Waals surface area contributed by atoms with Crippen molar-refractivity contribution in [2.45, 2.75) is 20.3 Å². The number of likely N-dealkylation sites (tertiary alicyclic amines) is 1. The number of halogens is 1. The van der Waals surface area contributed by atoms with E-state index in [1.54, 1.807) is 0 Å². The molecule has 7 heteroatoms. The van der Waals surface area contributed by atoms with E-state index < -0.39 is 0 Å². The first kappa shape index (κ1) is 20.4. The fraction of sp³-hybridized carbons (Fsp3) is 0.600. The van der Waals surface area contributed by atoms with Crippen LogP contribution in [0.3, 0.4) is 0 Å². The molecule has 2 aliphatic rings. The molecular formula is C20H29ClN4OS. The SMILES string of the molecule is C[C@H]1C[C@H](C)CN(C(=O)CN2CCN(C(=S)Nc3ccc(Cl)cc3)CC2)C1. The van der Waals surface area contributed by atoms with Gasteiger partial charge in [0.05, 0.1) is 6.54 Å². The number of nitrogens with one attached hydrogen (secondary N) is 1. The normalized spacial score (nSPS) is 24.0. The summed E-state index contributed by atoms with van der Waals surface area (Å²) in [5.41, 5.74) is 0.940. The van der Waals surface area contributed by atoms with E-state index in [9.17, 15) is 4.79 Å². The summed E-state index contributed by atoms with van der Waals surface area (Å²) >= 11 is 11.5. The number of carbonyl (C=O) groups is 1. The van der Waals surface area contributed by atoms with Gasteiger partial charge in [-0.15, -0.1) is 0 Å². The summed E-state index contributed by atoms with van der Waals surface area (Å²) in [5, 5.41) is 4.70. The van der Waals surface area contributed by atoms with Crippen LogP contribution in [0.1, 0.15) is 20.3 Å². The van der Waals surface area contributed by atoms with Crippen LogP contribution in [0, 0.1) is 11.8 Å². The Bertz CT molecular complexity index is 650. The maximum atomic E-state index is 12.7. The van der Waals surface area contributed by atoms with Gasteiger partial charge in [-0.25, -0.2) is 0 Å². The number of piperazine rings is 1. The summed E-state index contributed by atoms with van der Waals surface area (Å²) in [6.07, 6.45) is 1.22. The van der Waals surface area contributed by atoms with Crippen LogP contribution in [-0.4, -0.2) is 71.5 Å². The van der Waals surface area contributed by atoms with Crippen molar-refractivity contribution >= 4 is 40.5 Å². The molecule has 0 aromatic heterocycles. The molecule has 1 amide bonds. The van der Waals surface area contributed by atoms with Crippen molar-refractivity contribution in [2.75, 3.05) is 51.1 Å². The second-order valence-electron chi connectivity index (χ2n) is 7.95. The predicted octanol–water partition coefficient (Wildman–Crippen LogP) is 3.16. The molecule has 5 nitrogen and oxygen atoms in total. The van der Waals surface area contributed by atoms with Gasteiger partial charge in [-0.3, -0.25) is 9.69 Å². The molecule has 148 valence electrons. The van der Waals surface area contributed by atoms with Gasteiger partial charge in [-0.1, -0.05) is 25.4 Å². The Morgan fingerprint density at radius 1 is 1.07 bits per heavy atom. The quantitative estimate of drug-likeness (QED) is 0.778. The minimum absolute atomic E-state index is 0.267. The van der Waals surface area contributed by atoms with Crippen LogP contribution in [-0.2, 0) is 4.79 Å². The maximum absolute atomic E-state index is 12.7. The molecule has 0 aliphatic carbocycles. The Kier molecular flexibility index (Phi) is 6.95. The summed E-state index contributed by atoms with van der Waals surface area (Å²) in [7, 11) is 0. The van der Waals surface area contributed by atoms with Gasteiger partial charge in [0.25, 0.3) is 0 Å². The summed E-state index contributed by atoms with van der Waals surface area (Å²) in [5.74, 6) is 1.47. The van der Waals surface area contributed by atoms with Crippen LogP contribution in [0.15, 0.2) is 24.3 Å². The second-order valence-corrected chi connectivity index (χ2v) is 8.77. The lowest BCUT2D eigenvalue weighted by molar-refractivity contribution is -0.135. The molecule has 2 heterocycles. The van der Waals surface area contributed by atoms with Gasteiger partial charge in [-0.05, 0) is 54.7 Å². The van der Waals surface area contributed by atoms with Crippen LogP contribution < -0.4 is 5.32 Å². The first-order chi connectivity index (χ1) is 12.9. The molecule has 2 fully saturated rings. The van der Waals surface area contributed by atoms with E-state index in [2.05, 4.69) is 33.9 Å². The summed E-state index contributed by atoms with van der Waals surface area (Å²) < 4.78 is 0. The van der Waals surface area contributed by atoms with Gasteiger partial charge in [0, 0.05) is 50.0 Å². The highest BCUT2D eigenvalue weighted by molar-refractivity contribution is 7.80. The van der Waals surface area contributed by atoms with Crippen molar-refractivity contribution < 1.29 is 4.79 Å². The molecule has 0 spiro atoms. The van der Waals surface area contributed by atoms with E-state index in [0.717, 1.165) is 50.1 Å². The third kappa shape index (κ3) is 5.80. The Hall–Kier alpha value is -1.37. The number of hydrogen-bond acceptors (Lipinski definition) is 3. The number of anilines is 1. The van der Waals surface area contributed by atoms with Crippen molar-refractivity contribution in [3.8, 4) is 0 Å². The first-order valence-electron chi connectivity index (χ1n) is 9.72. The topological polar surface area (TPSA) is 38.8 Å². The monoisotopic (exact) mass is 408 g/mol. The lowest BCUT2D eigenvalue weighted by Crippen LogP contribution is -2.53. The third-order valence-corrected chi connectivity index (χ3v) is 5.95. The Labute approximate surface area is 172 Å². The van der Waals surface area contributed by atoms with Gasteiger partial charge in [0.1, 0.15) is 0 Å². The smallest absolute Gasteiger partial charge is 0.236 e. The largest absolute Gasteiger partial charge is 0.346 e. The van der Waals surface area contributed by atoms with Crippen LogP contribution in [0.4, 0.5) is 5.69 Å². The van der Waals surface area contributed by atoms with Crippen molar-refractivity contribution in [3.63, 3.8) is 0 Å². The molecule has 1 aromatic carbocycles. The van der Waals surface area contributed by atoms with Crippen molar-refractivity contribution in [3.05, 3.63) is 29.3 Å². The number of amides is 1. The van der Waals surface area contributed by atoms with E-state index in [1.807, 2.05) is 24.3 Å². The lowest BCUT2D eigenvalue weighted by atomic mass is 9.92. The Balaban J connectivity index is 1.43. The zero-order valence-corrected chi connectivity index (χ0v) is 17.7. The highest BCUT2D eigenvalue weighted by Gasteiger charge is 2.27. The minimum Gasteiger partial charge on any atom is -0.346 e. The predicted molar refractivity (Wildman–Crippen MR) is 115 cm³/mol. The van der Waals surface area contributed by atoms with Crippen LogP contribution in [0.25, 0.3) is 0 Å². The zero-order chi connectivity index (χ0) is 19.4. The van der Waals surface area contributed by atoms with Gasteiger partial charge in [-0.2, -0.15) is 0 Å². The number of thiocarbonyl (C=S) groups is 1. The zero-order valence-electron chi connectivity index (χ0n) is 16.2. The van der Waals surface area contributed by atoms with Crippen LogP contribution in [0.2, 0.25) is 5.02 Å². The van der Waals surface area contributed by atoms with Crippen LogP contribution >= 0.6 is 23.8 Å². The Morgan fingerprint density at radius 2 is 1.67 bits per heavy atom. The fourth-order valence-corrected chi connectivity index (χ4v) is 4.43. The highest BCUT2D eigenvalue weighted by atomic mass is 35.5. The molecular weight excluding hydrogens is 380 g/mol. The third-order valence-electron chi connectivity index (χ3n) is 5.34. The number of piperidine rings is 1. The van der Waals surface area contributed by atoms with Gasteiger partial charge in [0.15, 0.2) is 5.11 Å². The van der Waals surface area contributed by atoms with Crippen molar-refractivity contribution in [1.29, 1.82) is 0 Å². The fourth-order valence-electron chi connectivity index (χ4n) is 4.00. The number of hydrogen-bond donors (Lipinski definition) is 1. The maximum Gasteiger partial charge on any atom is 0.236 e. The molecule has 2 saturated heterocycles. The first-order valence-corrected chi connectivity index (χ1v) is 10.5. The molecule has 1 aromatic rings. The van der Waals surface area contributed by atoms with Crippen LogP contribution in [0.5, 0.6) is 0 Å². The summed E-state index contributed by atoms with van der Waals surface area (Å²) in [4.78, 5) is 19.1. The highest BCUT2D eigenvalue weighted by Crippen LogP contribution is 2.21. The van der Waals surface area contributed by atoms with Crippen molar-refractivity contribution in [2.24, 2.45) is 11.8 Å². The Morgan fingerprint density at radius 3 is 2.26 bits per heavy atom. The van der Waals surface area contributed by atoms with Gasteiger partial charge in [0.2, 0.25) is 5.91 Å². The number of carbonyl (C=O) groups excluding carboxylic acids is 1. The van der Waals surface area contributed by atoms with Gasteiger partial charge >= 0.3 is 0 Å². The second kappa shape index (κ2) is 9.22. The van der Waals surface area contributed by atoms with Crippen molar-refractivity contribution in [1.82, 2.24) is 14.7 Å². The van der Waals surface area contributed by atoms with E-state index in [-0.39, 0.29) is 5.91 Å². The standard InChI is InChI=1S/C20H29ClN4OS/c1-15-11-16(2)13-25(12-15)19(26)14-23-7-9-24(10-8-23)20(27)22-18-5-3-17(21)4-6-18/h3-6,15-16H,7-14H2,1-2H3,(H,22,27)/t15-,16-/m0/s1. The lowest BCUT2D eigenvalue weighted by Gasteiger charge is -2.39. The van der Waals surface area contributed by atoms with E-state index in [1.165, 1.54) is 6.42 Å². The molecule has 0 unspecified atom stereocenters. The van der Waals surface area contributed by atoms with Gasteiger partial charge < -0.3 is 15.1 Å². The van der Waals surface area contributed by atoms with E-state index >= 15 is 0 Å². The average Bonchev–Trinajstić information content (AvgIpc) is 2.63. The number of rotatable bonds is 3. The summed E-state index contributed by atoms with van der Waals surface area (Å²) in [6.45, 7) is 10.2. The number of nitrogens with zero attached hydrogens (tertiary/aromatic N) is 3. The molecule has 0 bridgehead atoms. The molecule has 2 aliphatic heterocycles. The molecule has 3 rings (SSSR count).